The SMILES string of the molecule is O=C(O)C(Cc1ccc(Cl)cc1)c1ccncc1. The van der Waals surface area contributed by atoms with Crippen molar-refractivity contribution in [2.45, 2.75) is 12.3 Å². The lowest BCUT2D eigenvalue weighted by atomic mass is 9.93. The van der Waals surface area contributed by atoms with Crippen LogP contribution in [0.25, 0.3) is 0 Å². The number of hydrogen-bond acceptors (Lipinski definition) is 2. The van der Waals surface area contributed by atoms with E-state index in [2.05, 4.69) is 4.98 Å². The van der Waals surface area contributed by atoms with Crippen LogP contribution in [0, 0.1) is 0 Å². The predicted molar refractivity (Wildman–Crippen MR) is 69.8 cm³/mol. The highest BCUT2D eigenvalue weighted by molar-refractivity contribution is 6.30. The van der Waals surface area contributed by atoms with Crippen LogP contribution in [-0.2, 0) is 11.2 Å². The summed E-state index contributed by atoms with van der Waals surface area (Å²) in [6.07, 6.45) is 3.65. The molecule has 3 nitrogen and oxygen atoms in total. The van der Waals surface area contributed by atoms with Gasteiger partial charge in [0.15, 0.2) is 0 Å². The van der Waals surface area contributed by atoms with Gasteiger partial charge < -0.3 is 5.11 Å². The number of benzene rings is 1. The maximum atomic E-state index is 11.3. The average molecular weight is 262 g/mol. The Balaban J connectivity index is 2.22. The van der Waals surface area contributed by atoms with Gasteiger partial charge in [-0.15, -0.1) is 0 Å². The van der Waals surface area contributed by atoms with Gasteiger partial charge in [0, 0.05) is 17.4 Å². The largest absolute Gasteiger partial charge is 0.481 e. The number of hydrogen-bond donors (Lipinski definition) is 1. The molecule has 1 atom stereocenters. The number of pyridine rings is 1. The molecular formula is C14H12ClNO2. The van der Waals surface area contributed by atoms with Crippen molar-refractivity contribution < 1.29 is 9.90 Å². The fourth-order valence-corrected chi connectivity index (χ4v) is 1.93. The molecule has 1 heterocycles. The molecular weight excluding hydrogens is 250 g/mol. The Kier molecular flexibility index (Phi) is 3.95. The van der Waals surface area contributed by atoms with Crippen LogP contribution in [0.3, 0.4) is 0 Å². The molecule has 0 saturated carbocycles. The van der Waals surface area contributed by atoms with Gasteiger partial charge in [-0.3, -0.25) is 9.78 Å². The van der Waals surface area contributed by atoms with E-state index < -0.39 is 11.9 Å². The minimum absolute atomic E-state index is 0.441. The number of aliphatic carboxylic acids is 1. The number of aromatic nitrogens is 1. The molecule has 0 saturated heterocycles. The van der Waals surface area contributed by atoms with Crippen molar-refractivity contribution in [3.63, 3.8) is 0 Å². The highest BCUT2D eigenvalue weighted by atomic mass is 35.5. The molecule has 0 fully saturated rings. The Hall–Kier alpha value is -1.87. The molecule has 1 aromatic carbocycles. The summed E-state index contributed by atoms with van der Waals surface area (Å²) < 4.78 is 0. The van der Waals surface area contributed by atoms with Crippen molar-refractivity contribution in [1.82, 2.24) is 4.98 Å². The molecule has 0 spiro atoms. The Morgan fingerprint density at radius 2 is 1.78 bits per heavy atom. The molecule has 2 rings (SSSR count). The van der Waals surface area contributed by atoms with Crippen LogP contribution in [0.1, 0.15) is 17.0 Å². The molecule has 0 bridgehead atoms. The van der Waals surface area contributed by atoms with Crippen LogP contribution in [0.15, 0.2) is 48.8 Å². The first kappa shape index (κ1) is 12.6. The smallest absolute Gasteiger partial charge is 0.311 e. The molecule has 0 amide bonds. The second-order valence-corrected chi connectivity index (χ2v) is 4.44. The minimum Gasteiger partial charge on any atom is -0.481 e. The van der Waals surface area contributed by atoms with Gasteiger partial charge in [-0.2, -0.15) is 0 Å². The lowest BCUT2D eigenvalue weighted by molar-refractivity contribution is -0.138. The van der Waals surface area contributed by atoms with Crippen LogP contribution < -0.4 is 0 Å². The Labute approximate surface area is 110 Å². The molecule has 0 radical (unpaired) electrons. The van der Waals surface area contributed by atoms with Crippen molar-refractivity contribution in [3.05, 3.63) is 64.9 Å². The standard InChI is InChI=1S/C14H12ClNO2/c15-12-3-1-10(2-4-12)9-13(14(17)18)11-5-7-16-8-6-11/h1-8,13H,9H2,(H,17,18). The number of carbonyl (C=O) groups is 1. The Morgan fingerprint density at radius 3 is 2.33 bits per heavy atom. The zero-order chi connectivity index (χ0) is 13.0. The van der Waals surface area contributed by atoms with E-state index >= 15 is 0 Å². The minimum atomic E-state index is -0.837. The topological polar surface area (TPSA) is 50.2 Å². The first-order chi connectivity index (χ1) is 8.66. The number of rotatable bonds is 4. The highest BCUT2D eigenvalue weighted by Gasteiger charge is 2.19. The molecule has 1 aromatic heterocycles. The molecule has 0 aliphatic rings. The van der Waals surface area contributed by atoms with E-state index in [1.54, 1.807) is 36.7 Å². The molecule has 0 aliphatic carbocycles. The maximum absolute atomic E-state index is 11.3. The second kappa shape index (κ2) is 5.65. The van der Waals surface area contributed by atoms with Crippen LogP contribution in [0.4, 0.5) is 0 Å². The van der Waals surface area contributed by atoms with E-state index in [0.29, 0.717) is 11.4 Å². The summed E-state index contributed by atoms with van der Waals surface area (Å²) in [5.41, 5.74) is 1.70. The molecule has 1 N–H and O–H groups in total. The van der Waals surface area contributed by atoms with Crippen molar-refractivity contribution in [2.75, 3.05) is 0 Å². The summed E-state index contributed by atoms with van der Waals surface area (Å²) in [7, 11) is 0. The third-order valence-corrected chi connectivity index (χ3v) is 3.01. The van der Waals surface area contributed by atoms with E-state index in [-0.39, 0.29) is 0 Å². The first-order valence-corrected chi connectivity index (χ1v) is 5.92. The number of carboxylic acids is 1. The third-order valence-electron chi connectivity index (χ3n) is 2.76. The molecule has 2 aromatic rings. The van der Waals surface area contributed by atoms with Gasteiger partial charge in [0.25, 0.3) is 0 Å². The van der Waals surface area contributed by atoms with E-state index in [9.17, 15) is 9.90 Å². The van der Waals surface area contributed by atoms with Crippen molar-refractivity contribution in [1.29, 1.82) is 0 Å². The van der Waals surface area contributed by atoms with Gasteiger partial charge in [0.1, 0.15) is 0 Å². The fraction of sp³-hybridized carbons (Fsp3) is 0.143. The van der Waals surface area contributed by atoms with Gasteiger partial charge in [-0.25, -0.2) is 0 Å². The fourth-order valence-electron chi connectivity index (χ4n) is 1.80. The lowest BCUT2D eigenvalue weighted by Gasteiger charge is -2.12. The predicted octanol–water partition coefficient (Wildman–Crippen LogP) is 3.15. The normalized spacial score (nSPS) is 12.1. The summed E-state index contributed by atoms with van der Waals surface area (Å²) >= 11 is 5.80. The van der Waals surface area contributed by atoms with E-state index in [4.69, 9.17) is 11.6 Å². The zero-order valence-electron chi connectivity index (χ0n) is 9.58. The summed E-state index contributed by atoms with van der Waals surface area (Å²) in [6.45, 7) is 0. The molecule has 0 aliphatic heterocycles. The molecule has 1 unspecified atom stereocenters. The van der Waals surface area contributed by atoms with Gasteiger partial charge in [0.05, 0.1) is 5.92 Å². The molecule has 92 valence electrons. The summed E-state index contributed by atoms with van der Waals surface area (Å²) in [5, 5.41) is 9.94. The van der Waals surface area contributed by atoms with E-state index in [0.717, 1.165) is 11.1 Å². The number of halogens is 1. The van der Waals surface area contributed by atoms with Crippen LogP contribution >= 0.6 is 11.6 Å². The summed E-state index contributed by atoms with van der Waals surface area (Å²) in [6, 6.07) is 10.7. The summed E-state index contributed by atoms with van der Waals surface area (Å²) in [4.78, 5) is 15.2. The Bertz CT molecular complexity index is 525. The van der Waals surface area contributed by atoms with Crippen LogP contribution in [0.2, 0.25) is 5.02 Å². The first-order valence-electron chi connectivity index (χ1n) is 5.54. The van der Waals surface area contributed by atoms with Crippen molar-refractivity contribution in [2.24, 2.45) is 0 Å². The van der Waals surface area contributed by atoms with Crippen LogP contribution in [0.5, 0.6) is 0 Å². The monoisotopic (exact) mass is 261 g/mol. The van der Waals surface area contributed by atoms with Gasteiger partial charge in [-0.1, -0.05) is 23.7 Å². The Morgan fingerprint density at radius 1 is 1.17 bits per heavy atom. The maximum Gasteiger partial charge on any atom is 0.311 e. The second-order valence-electron chi connectivity index (χ2n) is 4.00. The molecule has 4 heteroatoms. The van der Waals surface area contributed by atoms with Crippen molar-refractivity contribution >= 4 is 17.6 Å². The van der Waals surface area contributed by atoms with Gasteiger partial charge in [-0.05, 0) is 41.8 Å². The lowest BCUT2D eigenvalue weighted by Crippen LogP contribution is -2.14. The van der Waals surface area contributed by atoms with E-state index in [1.165, 1.54) is 0 Å². The third kappa shape index (κ3) is 3.08. The quantitative estimate of drug-likeness (QED) is 0.920. The van der Waals surface area contributed by atoms with Gasteiger partial charge >= 0.3 is 5.97 Å². The zero-order valence-corrected chi connectivity index (χ0v) is 10.3. The van der Waals surface area contributed by atoms with E-state index in [1.807, 2.05) is 12.1 Å². The highest BCUT2D eigenvalue weighted by Crippen LogP contribution is 2.21. The number of carboxylic acid groups (broad SMARTS) is 1. The average Bonchev–Trinajstić information content (AvgIpc) is 2.38. The number of nitrogens with zero attached hydrogens (tertiary/aromatic N) is 1. The molecule has 18 heavy (non-hydrogen) atoms. The van der Waals surface area contributed by atoms with Gasteiger partial charge in [0.2, 0.25) is 0 Å². The van der Waals surface area contributed by atoms with Crippen molar-refractivity contribution in [3.8, 4) is 0 Å². The van der Waals surface area contributed by atoms with Crippen LogP contribution in [-0.4, -0.2) is 16.1 Å². The summed E-state index contributed by atoms with van der Waals surface area (Å²) in [5.74, 6) is -1.40.